The third kappa shape index (κ3) is 3.29. The van der Waals surface area contributed by atoms with Crippen molar-refractivity contribution in [3.05, 3.63) is 36.0 Å². The molecule has 0 aliphatic heterocycles. The normalized spacial score (nSPS) is 15.0. The molecule has 2 heterocycles. The van der Waals surface area contributed by atoms with Crippen molar-refractivity contribution in [2.75, 3.05) is 5.32 Å². The number of hydrogen-bond donors (Lipinski definition) is 2. The van der Waals surface area contributed by atoms with E-state index in [9.17, 15) is 9.18 Å². The molecule has 0 radical (unpaired) electrons. The summed E-state index contributed by atoms with van der Waals surface area (Å²) >= 11 is 0. The Hall–Kier alpha value is -2.95. The van der Waals surface area contributed by atoms with Crippen LogP contribution < -0.4 is 11.1 Å². The first-order chi connectivity index (χ1) is 11.1. The maximum absolute atomic E-state index is 13.2. The quantitative estimate of drug-likeness (QED) is 0.794. The number of anilines is 2. The van der Waals surface area contributed by atoms with Gasteiger partial charge in [-0.3, -0.25) is 9.48 Å². The smallest absolute Gasteiger partial charge is 0.254 e. The van der Waals surface area contributed by atoms with Crippen molar-refractivity contribution >= 4 is 17.4 Å². The zero-order chi connectivity index (χ0) is 16.4. The van der Waals surface area contributed by atoms with Gasteiger partial charge in [0.25, 0.3) is 5.91 Å². The molecule has 2 aromatic heterocycles. The van der Waals surface area contributed by atoms with Gasteiger partial charge in [0.05, 0.1) is 18.5 Å². The number of halogens is 1. The Kier molecular flexibility index (Phi) is 3.93. The number of aromatic nitrogens is 3. The van der Waals surface area contributed by atoms with E-state index >= 15 is 0 Å². The second-order valence-corrected chi connectivity index (χ2v) is 5.49. The summed E-state index contributed by atoms with van der Waals surface area (Å²) in [7, 11) is 0. The molecule has 118 valence electrons. The third-order valence-corrected chi connectivity index (χ3v) is 3.79. The summed E-state index contributed by atoms with van der Waals surface area (Å²) < 4.78 is 14.8. The van der Waals surface area contributed by atoms with Crippen molar-refractivity contribution in [1.82, 2.24) is 14.8 Å². The fraction of sp³-hybridized carbons (Fsp3) is 0.333. The summed E-state index contributed by atoms with van der Waals surface area (Å²) in [6, 6.07) is 4.81. The lowest BCUT2D eigenvalue weighted by Gasteiger charge is -2.12. The Labute approximate surface area is 131 Å². The highest BCUT2D eigenvalue weighted by molar-refractivity contribution is 5.98. The minimum atomic E-state index is -0.643. The van der Waals surface area contributed by atoms with Crippen molar-refractivity contribution in [3.63, 3.8) is 0 Å². The van der Waals surface area contributed by atoms with Gasteiger partial charge in [0.15, 0.2) is 5.82 Å². The standard InChI is InChI=1S/C15H15FN6O/c16-13-7-10(4-6-19-13)20-15-11(14(18)23)8-22(21-15)12(3-5-17)9-1-2-9/h4,6-9,12H,1-3H2,(H2,18,23)(H,19,20,21). The molecule has 0 bridgehead atoms. The summed E-state index contributed by atoms with van der Waals surface area (Å²) in [5.74, 6) is -0.650. The summed E-state index contributed by atoms with van der Waals surface area (Å²) in [4.78, 5) is 15.1. The minimum Gasteiger partial charge on any atom is -0.365 e. The number of rotatable bonds is 6. The first-order valence-corrected chi connectivity index (χ1v) is 7.23. The van der Waals surface area contributed by atoms with E-state index in [1.165, 1.54) is 12.3 Å². The van der Waals surface area contributed by atoms with E-state index in [1.807, 2.05) is 0 Å². The molecule has 3 rings (SSSR count). The number of nitrogens with two attached hydrogens (primary N) is 1. The van der Waals surface area contributed by atoms with E-state index in [-0.39, 0.29) is 17.4 Å². The fourth-order valence-electron chi connectivity index (χ4n) is 2.50. The van der Waals surface area contributed by atoms with E-state index in [0.717, 1.165) is 12.8 Å². The molecule has 1 aliphatic carbocycles. The molecule has 8 heteroatoms. The maximum Gasteiger partial charge on any atom is 0.254 e. The van der Waals surface area contributed by atoms with Crippen molar-refractivity contribution in [3.8, 4) is 6.07 Å². The predicted molar refractivity (Wildman–Crippen MR) is 80.2 cm³/mol. The highest BCUT2D eigenvalue weighted by Gasteiger charge is 2.33. The third-order valence-electron chi connectivity index (χ3n) is 3.79. The van der Waals surface area contributed by atoms with Crippen LogP contribution in [0, 0.1) is 23.2 Å². The van der Waals surface area contributed by atoms with Gasteiger partial charge in [0.1, 0.15) is 5.56 Å². The summed E-state index contributed by atoms with van der Waals surface area (Å²) in [5, 5.41) is 16.2. The number of pyridine rings is 1. The molecule has 1 aliphatic rings. The summed E-state index contributed by atoms with van der Waals surface area (Å²) in [6.45, 7) is 0. The van der Waals surface area contributed by atoms with Gasteiger partial charge >= 0.3 is 0 Å². The van der Waals surface area contributed by atoms with Gasteiger partial charge in [-0.05, 0) is 24.8 Å². The molecule has 0 saturated heterocycles. The molecule has 1 saturated carbocycles. The average molecular weight is 314 g/mol. The molecule has 3 N–H and O–H groups in total. The molecule has 1 unspecified atom stereocenters. The van der Waals surface area contributed by atoms with Gasteiger partial charge in [0, 0.05) is 24.1 Å². The van der Waals surface area contributed by atoms with Crippen molar-refractivity contribution in [1.29, 1.82) is 5.26 Å². The van der Waals surface area contributed by atoms with Gasteiger partial charge in [-0.1, -0.05) is 0 Å². The maximum atomic E-state index is 13.2. The number of nitriles is 1. The second kappa shape index (κ2) is 6.04. The van der Waals surface area contributed by atoms with Crippen LogP contribution in [0.3, 0.4) is 0 Å². The molecular formula is C15H15FN6O. The van der Waals surface area contributed by atoms with Crippen LogP contribution in [0.15, 0.2) is 24.5 Å². The summed E-state index contributed by atoms with van der Waals surface area (Å²) in [5.41, 5.74) is 6.00. The highest BCUT2D eigenvalue weighted by Crippen LogP contribution is 2.41. The van der Waals surface area contributed by atoms with Crippen molar-refractivity contribution in [2.24, 2.45) is 11.7 Å². The van der Waals surface area contributed by atoms with Crippen LogP contribution in [0.2, 0.25) is 0 Å². The van der Waals surface area contributed by atoms with E-state index < -0.39 is 11.9 Å². The topological polar surface area (TPSA) is 110 Å². The van der Waals surface area contributed by atoms with E-state index in [2.05, 4.69) is 21.5 Å². The SMILES string of the molecule is N#CCC(C1CC1)n1cc(C(N)=O)c(Nc2ccnc(F)c2)n1. The molecular weight excluding hydrogens is 299 g/mol. The van der Waals surface area contributed by atoms with E-state index in [4.69, 9.17) is 11.0 Å². The average Bonchev–Trinajstić information content (AvgIpc) is 3.25. The molecule has 0 aromatic carbocycles. The number of carbonyl (C=O) groups excluding carboxylic acids is 1. The fourth-order valence-corrected chi connectivity index (χ4v) is 2.50. The number of primary amides is 1. The lowest BCUT2D eigenvalue weighted by molar-refractivity contribution is 0.100. The molecule has 1 amide bonds. The second-order valence-electron chi connectivity index (χ2n) is 5.49. The Morgan fingerprint density at radius 1 is 1.61 bits per heavy atom. The number of hydrogen-bond acceptors (Lipinski definition) is 5. The van der Waals surface area contributed by atoms with Crippen molar-refractivity contribution < 1.29 is 9.18 Å². The molecule has 7 nitrogen and oxygen atoms in total. The van der Waals surface area contributed by atoms with Crippen LogP contribution >= 0.6 is 0 Å². The van der Waals surface area contributed by atoms with E-state index in [1.54, 1.807) is 16.9 Å². The van der Waals surface area contributed by atoms with Crippen LogP contribution in [0.5, 0.6) is 0 Å². The number of carbonyl (C=O) groups is 1. The van der Waals surface area contributed by atoms with Crippen molar-refractivity contribution in [2.45, 2.75) is 25.3 Å². The zero-order valence-electron chi connectivity index (χ0n) is 12.2. The number of nitrogens with one attached hydrogen (secondary N) is 1. The van der Waals surface area contributed by atoms with Crippen LogP contribution in [-0.4, -0.2) is 20.7 Å². The molecule has 1 fully saturated rings. The van der Waals surface area contributed by atoms with Gasteiger partial charge in [-0.2, -0.15) is 14.8 Å². The molecule has 0 spiro atoms. The van der Waals surface area contributed by atoms with Gasteiger partial charge in [0.2, 0.25) is 5.95 Å². The lowest BCUT2D eigenvalue weighted by atomic mass is 10.1. The number of amides is 1. The summed E-state index contributed by atoms with van der Waals surface area (Å²) in [6.07, 6.45) is 5.24. The van der Waals surface area contributed by atoms with Crippen LogP contribution in [0.25, 0.3) is 0 Å². The van der Waals surface area contributed by atoms with Gasteiger partial charge < -0.3 is 11.1 Å². The molecule has 23 heavy (non-hydrogen) atoms. The first kappa shape index (κ1) is 15.0. The van der Waals surface area contributed by atoms with Crippen LogP contribution in [0.4, 0.5) is 15.9 Å². The Morgan fingerprint density at radius 2 is 2.39 bits per heavy atom. The van der Waals surface area contributed by atoms with Crippen LogP contribution in [0.1, 0.15) is 35.7 Å². The number of nitrogens with zero attached hydrogens (tertiary/aromatic N) is 4. The largest absolute Gasteiger partial charge is 0.365 e. The Bertz CT molecular complexity index is 777. The highest BCUT2D eigenvalue weighted by atomic mass is 19.1. The lowest BCUT2D eigenvalue weighted by Crippen LogP contribution is -2.12. The Morgan fingerprint density at radius 3 is 3.00 bits per heavy atom. The monoisotopic (exact) mass is 314 g/mol. The first-order valence-electron chi connectivity index (χ1n) is 7.23. The zero-order valence-corrected chi connectivity index (χ0v) is 12.2. The van der Waals surface area contributed by atoms with E-state index in [0.29, 0.717) is 18.0 Å². The Balaban J connectivity index is 1.92. The van der Waals surface area contributed by atoms with Gasteiger partial charge in [-0.25, -0.2) is 4.98 Å². The van der Waals surface area contributed by atoms with Gasteiger partial charge in [-0.15, -0.1) is 0 Å². The van der Waals surface area contributed by atoms with Crippen LogP contribution in [-0.2, 0) is 0 Å². The molecule has 1 atom stereocenters. The predicted octanol–water partition coefficient (Wildman–Crippen LogP) is 2.12. The minimum absolute atomic E-state index is 0.0807. The molecule has 2 aromatic rings.